The lowest BCUT2D eigenvalue weighted by Crippen LogP contribution is -2.26. The molecule has 0 saturated heterocycles. The Morgan fingerprint density at radius 2 is 2.00 bits per heavy atom. The van der Waals surface area contributed by atoms with Crippen LogP contribution in [0, 0.1) is 23.0 Å². The molecule has 0 aliphatic heterocycles. The number of anilines is 1. The maximum Gasteiger partial charge on any atom is 0.271 e. The number of non-ortho nitro benzene ring substituents is 1. The van der Waals surface area contributed by atoms with Gasteiger partial charge >= 0.3 is 0 Å². The lowest BCUT2D eigenvalue weighted by molar-refractivity contribution is -0.384. The van der Waals surface area contributed by atoms with E-state index in [-0.39, 0.29) is 10.6 Å². The summed E-state index contributed by atoms with van der Waals surface area (Å²) in [6.07, 6.45) is 7.51. The van der Waals surface area contributed by atoms with Gasteiger partial charge in [0.2, 0.25) is 0 Å². The van der Waals surface area contributed by atoms with Crippen molar-refractivity contribution in [2.75, 3.05) is 5.32 Å². The van der Waals surface area contributed by atoms with Gasteiger partial charge in [0.05, 0.1) is 4.92 Å². The first-order valence-corrected chi connectivity index (χ1v) is 7.61. The first-order chi connectivity index (χ1) is 9.60. The van der Waals surface area contributed by atoms with Gasteiger partial charge in [-0.2, -0.15) is 0 Å². The molecule has 4 heteroatoms. The molecule has 1 aromatic rings. The van der Waals surface area contributed by atoms with Gasteiger partial charge in [-0.3, -0.25) is 10.1 Å². The Morgan fingerprint density at radius 3 is 2.60 bits per heavy atom. The minimum atomic E-state index is -0.331. The predicted molar refractivity (Wildman–Crippen MR) is 82.1 cm³/mol. The summed E-state index contributed by atoms with van der Waals surface area (Å²) in [6.45, 7) is 4.24. The third kappa shape index (κ3) is 3.71. The maximum atomic E-state index is 10.8. The van der Waals surface area contributed by atoms with Crippen molar-refractivity contribution >= 4 is 11.4 Å². The van der Waals surface area contributed by atoms with Crippen molar-refractivity contribution in [1.29, 1.82) is 0 Å². The van der Waals surface area contributed by atoms with E-state index < -0.39 is 0 Å². The fourth-order valence-electron chi connectivity index (χ4n) is 3.10. The van der Waals surface area contributed by atoms with E-state index in [1.54, 1.807) is 12.1 Å². The molecule has 4 nitrogen and oxygen atoms in total. The standard InChI is InChI=1S/C16H24N2O2/c1-3-4-13-6-8-14(9-7-13)17-16-11-15(18(19)20)10-5-12(16)2/h5,10-11,13-14,17H,3-4,6-9H2,1-2H3. The Balaban J connectivity index is 1.97. The van der Waals surface area contributed by atoms with Gasteiger partial charge in [-0.05, 0) is 44.1 Å². The summed E-state index contributed by atoms with van der Waals surface area (Å²) < 4.78 is 0. The van der Waals surface area contributed by atoms with Crippen LogP contribution in [-0.2, 0) is 0 Å². The lowest BCUT2D eigenvalue weighted by Gasteiger charge is -2.30. The Labute approximate surface area is 120 Å². The van der Waals surface area contributed by atoms with Gasteiger partial charge in [-0.25, -0.2) is 0 Å². The van der Waals surface area contributed by atoms with Crippen LogP contribution in [0.3, 0.4) is 0 Å². The van der Waals surface area contributed by atoms with Crippen molar-refractivity contribution in [3.63, 3.8) is 0 Å². The van der Waals surface area contributed by atoms with Gasteiger partial charge in [-0.15, -0.1) is 0 Å². The Morgan fingerprint density at radius 1 is 1.30 bits per heavy atom. The Bertz CT molecular complexity index is 466. The molecule has 1 saturated carbocycles. The highest BCUT2D eigenvalue weighted by Crippen LogP contribution is 2.31. The van der Waals surface area contributed by atoms with Crippen LogP contribution in [0.25, 0.3) is 0 Å². The topological polar surface area (TPSA) is 55.2 Å². The van der Waals surface area contributed by atoms with E-state index >= 15 is 0 Å². The third-order valence-corrected chi connectivity index (χ3v) is 4.34. The molecule has 1 fully saturated rings. The quantitative estimate of drug-likeness (QED) is 0.628. The van der Waals surface area contributed by atoms with E-state index in [2.05, 4.69) is 12.2 Å². The van der Waals surface area contributed by atoms with Gasteiger partial charge < -0.3 is 5.32 Å². The van der Waals surface area contributed by atoms with E-state index in [0.29, 0.717) is 6.04 Å². The number of benzene rings is 1. The van der Waals surface area contributed by atoms with Gasteiger partial charge in [0.25, 0.3) is 5.69 Å². The molecule has 0 aromatic heterocycles. The first-order valence-electron chi connectivity index (χ1n) is 7.61. The largest absolute Gasteiger partial charge is 0.382 e. The van der Waals surface area contributed by atoms with Crippen molar-refractivity contribution in [2.24, 2.45) is 5.92 Å². The molecule has 0 atom stereocenters. The number of hydrogen-bond donors (Lipinski definition) is 1. The maximum absolute atomic E-state index is 10.8. The molecule has 0 amide bonds. The van der Waals surface area contributed by atoms with Crippen LogP contribution < -0.4 is 5.32 Å². The minimum Gasteiger partial charge on any atom is -0.382 e. The summed E-state index contributed by atoms with van der Waals surface area (Å²) in [4.78, 5) is 10.5. The molecule has 0 spiro atoms. The van der Waals surface area contributed by atoms with E-state index in [1.165, 1.54) is 38.5 Å². The van der Waals surface area contributed by atoms with Crippen LogP contribution >= 0.6 is 0 Å². The van der Waals surface area contributed by atoms with Crippen molar-refractivity contribution in [3.05, 3.63) is 33.9 Å². The van der Waals surface area contributed by atoms with Crippen molar-refractivity contribution in [2.45, 2.75) is 58.4 Å². The smallest absolute Gasteiger partial charge is 0.271 e. The van der Waals surface area contributed by atoms with Gasteiger partial charge in [0.1, 0.15) is 0 Å². The molecule has 1 N–H and O–H groups in total. The number of nitro benzene ring substituents is 1. The van der Waals surface area contributed by atoms with Crippen LogP contribution in [0.5, 0.6) is 0 Å². The number of hydrogen-bond acceptors (Lipinski definition) is 3. The second-order valence-electron chi connectivity index (χ2n) is 5.91. The Kier molecular flexibility index (Phi) is 4.99. The Hall–Kier alpha value is -1.58. The number of nitrogens with one attached hydrogen (secondary N) is 1. The van der Waals surface area contributed by atoms with E-state index in [0.717, 1.165) is 17.2 Å². The summed E-state index contributed by atoms with van der Waals surface area (Å²) in [7, 11) is 0. The highest BCUT2D eigenvalue weighted by Gasteiger charge is 2.21. The molecule has 1 aliphatic rings. The first kappa shape index (κ1) is 14.8. The summed E-state index contributed by atoms with van der Waals surface area (Å²) in [5, 5.41) is 14.4. The van der Waals surface area contributed by atoms with E-state index in [1.807, 2.05) is 13.0 Å². The summed E-state index contributed by atoms with van der Waals surface area (Å²) >= 11 is 0. The summed E-state index contributed by atoms with van der Waals surface area (Å²) in [5.41, 5.74) is 2.15. The monoisotopic (exact) mass is 276 g/mol. The molecule has 0 unspecified atom stereocenters. The molecule has 0 radical (unpaired) electrons. The van der Waals surface area contributed by atoms with Crippen molar-refractivity contribution < 1.29 is 4.92 Å². The highest BCUT2D eigenvalue weighted by molar-refractivity contribution is 5.57. The van der Waals surface area contributed by atoms with Gasteiger partial charge in [0.15, 0.2) is 0 Å². The average molecular weight is 276 g/mol. The van der Waals surface area contributed by atoms with E-state index in [9.17, 15) is 10.1 Å². The second-order valence-corrected chi connectivity index (χ2v) is 5.91. The van der Waals surface area contributed by atoms with E-state index in [4.69, 9.17) is 0 Å². The second kappa shape index (κ2) is 6.73. The van der Waals surface area contributed by atoms with Crippen LogP contribution in [0.15, 0.2) is 18.2 Å². The number of rotatable bonds is 5. The SMILES string of the molecule is CCCC1CCC(Nc2cc([N+](=O)[O-])ccc2C)CC1. The van der Waals surface area contributed by atoms with Crippen molar-refractivity contribution in [3.8, 4) is 0 Å². The molecule has 1 aliphatic carbocycles. The minimum absolute atomic E-state index is 0.165. The van der Waals surface area contributed by atoms with Crippen LogP contribution in [0.4, 0.5) is 11.4 Å². The molecule has 110 valence electrons. The van der Waals surface area contributed by atoms with Crippen LogP contribution in [0.2, 0.25) is 0 Å². The zero-order valence-corrected chi connectivity index (χ0v) is 12.4. The van der Waals surface area contributed by atoms with Crippen LogP contribution in [-0.4, -0.2) is 11.0 Å². The normalized spacial score (nSPS) is 22.5. The number of nitrogens with zero attached hydrogens (tertiary/aromatic N) is 1. The zero-order valence-electron chi connectivity index (χ0n) is 12.4. The molecular formula is C16H24N2O2. The van der Waals surface area contributed by atoms with Gasteiger partial charge in [-0.1, -0.05) is 25.8 Å². The number of aryl methyl sites for hydroxylation is 1. The van der Waals surface area contributed by atoms with Gasteiger partial charge in [0, 0.05) is 23.9 Å². The molecule has 0 heterocycles. The zero-order chi connectivity index (χ0) is 14.5. The summed E-state index contributed by atoms with van der Waals surface area (Å²) in [6, 6.07) is 5.51. The third-order valence-electron chi connectivity index (χ3n) is 4.34. The molecule has 20 heavy (non-hydrogen) atoms. The molecule has 2 rings (SSSR count). The van der Waals surface area contributed by atoms with Crippen molar-refractivity contribution in [1.82, 2.24) is 0 Å². The fraction of sp³-hybridized carbons (Fsp3) is 0.625. The van der Waals surface area contributed by atoms with Crippen LogP contribution in [0.1, 0.15) is 51.0 Å². The fourth-order valence-corrected chi connectivity index (χ4v) is 3.10. The predicted octanol–water partition coefficient (Wildman–Crippen LogP) is 4.67. The summed E-state index contributed by atoms with van der Waals surface area (Å²) in [5.74, 6) is 0.879. The lowest BCUT2D eigenvalue weighted by atomic mass is 9.83. The number of nitro groups is 1. The molecule has 1 aromatic carbocycles. The molecule has 0 bridgehead atoms. The highest BCUT2D eigenvalue weighted by atomic mass is 16.6. The average Bonchev–Trinajstić information content (AvgIpc) is 2.43. The molecular weight excluding hydrogens is 252 g/mol.